The number of nitrogens with zero attached hydrogens (tertiary/aromatic N) is 1. The summed E-state index contributed by atoms with van der Waals surface area (Å²) < 4.78 is 5.39. The lowest BCUT2D eigenvalue weighted by molar-refractivity contribution is 0.0394. The van der Waals surface area contributed by atoms with Crippen LogP contribution in [0.3, 0.4) is 0 Å². The Morgan fingerprint density at radius 3 is 2.41 bits per heavy atom. The van der Waals surface area contributed by atoms with Gasteiger partial charge >= 0.3 is 0 Å². The predicted octanol–water partition coefficient (Wildman–Crippen LogP) is 2.11. The van der Waals surface area contributed by atoms with E-state index in [2.05, 4.69) is 18.7 Å². The summed E-state index contributed by atoms with van der Waals surface area (Å²) in [7, 11) is 1.83. The summed E-state index contributed by atoms with van der Waals surface area (Å²) in [6, 6.07) is 0. The van der Waals surface area contributed by atoms with Gasteiger partial charge in [0.2, 0.25) is 0 Å². The lowest BCUT2D eigenvalue weighted by Gasteiger charge is -2.32. The molecule has 1 aliphatic heterocycles. The Kier molecular flexibility index (Phi) is 7.09. The van der Waals surface area contributed by atoms with Crippen LogP contribution in [0.1, 0.15) is 39.5 Å². The van der Waals surface area contributed by atoms with E-state index in [4.69, 9.17) is 10.5 Å². The van der Waals surface area contributed by atoms with E-state index >= 15 is 0 Å². The molecule has 1 rings (SSSR count). The second-order valence-electron chi connectivity index (χ2n) is 5.80. The van der Waals surface area contributed by atoms with Gasteiger partial charge in [-0.05, 0) is 50.6 Å². The van der Waals surface area contributed by atoms with Crippen molar-refractivity contribution >= 4 is 0 Å². The first-order valence-corrected chi connectivity index (χ1v) is 7.11. The van der Waals surface area contributed by atoms with E-state index in [1.807, 2.05) is 7.11 Å². The zero-order valence-electron chi connectivity index (χ0n) is 11.8. The SMILES string of the molecule is COC1CCN(CCC(CN)CC(C)C)CC1. The Labute approximate surface area is 107 Å². The standard InChI is InChI=1S/C14H30N2O/c1-12(2)10-13(11-15)4-7-16-8-5-14(17-3)6-9-16/h12-14H,4-11,15H2,1-3H3. The van der Waals surface area contributed by atoms with Crippen LogP contribution >= 0.6 is 0 Å². The maximum Gasteiger partial charge on any atom is 0.0595 e. The van der Waals surface area contributed by atoms with Crippen LogP contribution in [0.4, 0.5) is 0 Å². The summed E-state index contributed by atoms with van der Waals surface area (Å²) in [4.78, 5) is 2.57. The van der Waals surface area contributed by atoms with E-state index in [1.165, 1.54) is 45.3 Å². The fourth-order valence-corrected chi connectivity index (χ4v) is 2.73. The zero-order valence-corrected chi connectivity index (χ0v) is 11.8. The quantitative estimate of drug-likeness (QED) is 0.743. The fraction of sp³-hybridized carbons (Fsp3) is 1.00. The number of piperidine rings is 1. The van der Waals surface area contributed by atoms with E-state index in [0.717, 1.165) is 12.5 Å². The molecule has 0 aromatic rings. The van der Waals surface area contributed by atoms with Crippen LogP contribution in [0, 0.1) is 11.8 Å². The van der Waals surface area contributed by atoms with Crippen molar-refractivity contribution in [3.05, 3.63) is 0 Å². The van der Waals surface area contributed by atoms with Crippen LogP contribution in [-0.4, -0.2) is 44.3 Å². The summed E-state index contributed by atoms with van der Waals surface area (Å²) in [6.07, 6.45) is 5.39. The minimum absolute atomic E-state index is 0.493. The van der Waals surface area contributed by atoms with E-state index in [1.54, 1.807) is 0 Å². The first-order valence-electron chi connectivity index (χ1n) is 7.11. The molecule has 0 aliphatic carbocycles. The van der Waals surface area contributed by atoms with E-state index in [9.17, 15) is 0 Å². The second-order valence-corrected chi connectivity index (χ2v) is 5.80. The molecule has 102 valence electrons. The molecule has 0 amide bonds. The Balaban J connectivity index is 2.17. The van der Waals surface area contributed by atoms with Gasteiger partial charge in [-0.2, -0.15) is 0 Å². The van der Waals surface area contributed by atoms with Gasteiger partial charge in [-0.15, -0.1) is 0 Å². The normalized spacial score (nSPS) is 21.0. The van der Waals surface area contributed by atoms with Crippen molar-refractivity contribution < 1.29 is 4.74 Å². The van der Waals surface area contributed by atoms with Gasteiger partial charge in [-0.3, -0.25) is 0 Å². The summed E-state index contributed by atoms with van der Waals surface area (Å²) in [5.41, 5.74) is 5.84. The van der Waals surface area contributed by atoms with Crippen molar-refractivity contribution in [3.63, 3.8) is 0 Å². The highest BCUT2D eigenvalue weighted by molar-refractivity contribution is 4.73. The smallest absolute Gasteiger partial charge is 0.0595 e. The first kappa shape index (κ1) is 14.9. The van der Waals surface area contributed by atoms with Crippen LogP contribution in [0.25, 0.3) is 0 Å². The number of ether oxygens (including phenoxy) is 1. The molecule has 0 spiro atoms. The molecule has 0 radical (unpaired) electrons. The Morgan fingerprint density at radius 1 is 1.29 bits per heavy atom. The van der Waals surface area contributed by atoms with Gasteiger partial charge in [0.05, 0.1) is 6.10 Å². The largest absolute Gasteiger partial charge is 0.381 e. The highest BCUT2D eigenvalue weighted by atomic mass is 16.5. The fourth-order valence-electron chi connectivity index (χ4n) is 2.73. The molecule has 0 aromatic heterocycles. The molecule has 1 heterocycles. The van der Waals surface area contributed by atoms with E-state index in [0.29, 0.717) is 12.0 Å². The lowest BCUT2D eigenvalue weighted by atomic mass is 9.94. The van der Waals surface area contributed by atoms with Gasteiger partial charge < -0.3 is 15.4 Å². The maximum absolute atomic E-state index is 5.84. The van der Waals surface area contributed by atoms with E-state index in [-0.39, 0.29) is 0 Å². The highest BCUT2D eigenvalue weighted by Crippen LogP contribution is 2.17. The molecule has 3 nitrogen and oxygen atoms in total. The zero-order chi connectivity index (χ0) is 12.7. The monoisotopic (exact) mass is 242 g/mol. The molecule has 3 heteroatoms. The minimum atomic E-state index is 0.493. The Morgan fingerprint density at radius 2 is 1.94 bits per heavy atom. The topological polar surface area (TPSA) is 38.5 Å². The molecule has 1 fully saturated rings. The third kappa shape index (κ3) is 5.84. The average Bonchev–Trinajstić information content (AvgIpc) is 2.34. The van der Waals surface area contributed by atoms with Crippen LogP contribution in [-0.2, 0) is 4.74 Å². The van der Waals surface area contributed by atoms with Crippen molar-refractivity contribution in [1.82, 2.24) is 4.90 Å². The van der Waals surface area contributed by atoms with Gasteiger partial charge in [0.1, 0.15) is 0 Å². The van der Waals surface area contributed by atoms with Crippen molar-refractivity contribution in [2.75, 3.05) is 33.3 Å². The lowest BCUT2D eigenvalue weighted by Crippen LogP contribution is -2.38. The average molecular weight is 242 g/mol. The summed E-state index contributed by atoms with van der Waals surface area (Å²) in [5.74, 6) is 1.47. The number of rotatable bonds is 7. The van der Waals surface area contributed by atoms with E-state index < -0.39 is 0 Å². The van der Waals surface area contributed by atoms with Crippen LogP contribution < -0.4 is 5.73 Å². The maximum atomic E-state index is 5.84. The van der Waals surface area contributed by atoms with Crippen LogP contribution in [0.5, 0.6) is 0 Å². The highest BCUT2D eigenvalue weighted by Gasteiger charge is 2.19. The molecule has 0 bridgehead atoms. The third-order valence-electron chi connectivity index (χ3n) is 3.86. The van der Waals surface area contributed by atoms with Crippen LogP contribution in [0.15, 0.2) is 0 Å². The minimum Gasteiger partial charge on any atom is -0.381 e. The molecule has 0 aromatic carbocycles. The van der Waals surface area contributed by atoms with Gasteiger partial charge in [0.25, 0.3) is 0 Å². The first-order chi connectivity index (χ1) is 8.15. The van der Waals surface area contributed by atoms with Gasteiger partial charge in [-0.25, -0.2) is 0 Å². The number of likely N-dealkylation sites (tertiary alicyclic amines) is 1. The molecule has 2 N–H and O–H groups in total. The van der Waals surface area contributed by atoms with Gasteiger partial charge in [-0.1, -0.05) is 13.8 Å². The second kappa shape index (κ2) is 8.06. The van der Waals surface area contributed by atoms with Crippen molar-refractivity contribution in [2.45, 2.75) is 45.6 Å². The Hall–Kier alpha value is -0.120. The van der Waals surface area contributed by atoms with Crippen molar-refractivity contribution in [2.24, 2.45) is 17.6 Å². The van der Waals surface area contributed by atoms with Crippen LogP contribution in [0.2, 0.25) is 0 Å². The predicted molar refractivity (Wildman–Crippen MR) is 73.1 cm³/mol. The van der Waals surface area contributed by atoms with Crippen molar-refractivity contribution in [3.8, 4) is 0 Å². The Bertz CT molecular complexity index is 189. The number of methoxy groups -OCH3 is 1. The van der Waals surface area contributed by atoms with Gasteiger partial charge in [0.15, 0.2) is 0 Å². The number of hydrogen-bond acceptors (Lipinski definition) is 3. The molecule has 0 saturated carbocycles. The molecular weight excluding hydrogens is 212 g/mol. The summed E-state index contributed by atoms with van der Waals surface area (Å²) in [6.45, 7) is 9.01. The molecular formula is C14H30N2O. The molecule has 1 unspecified atom stereocenters. The third-order valence-corrected chi connectivity index (χ3v) is 3.86. The summed E-state index contributed by atoms with van der Waals surface area (Å²) in [5, 5.41) is 0. The molecule has 17 heavy (non-hydrogen) atoms. The molecule has 1 saturated heterocycles. The summed E-state index contributed by atoms with van der Waals surface area (Å²) >= 11 is 0. The number of hydrogen-bond donors (Lipinski definition) is 1. The van der Waals surface area contributed by atoms with Crippen molar-refractivity contribution in [1.29, 1.82) is 0 Å². The molecule has 1 aliphatic rings. The number of nitrogens with two attached hydrogens (primary N) is 1. The van der Waals surface area contributed by atoms with Gasteiger partial charge in [0, 0.05) is 20.2 Å². The molecule has 1 atom stereocenters.